The average Bonchev–Trinajstić information content (AvgIpc) is 2.36. The molecular formula is C7H15NO3S. The Balaban J connectivity index is 2.09. The van der Waals surface area contributed by atoms with Gasteiger partial charge in [-0.1, -0.05) is 0 Å². The minimum atomic E-state index is -3.24. The highest BCUT2D eigenvalue weighted by molar-refractivity contribution is 7.85. The van der Waals surface area contributed by atoms with Crippen molar-refractivity contribution in [3.8, 4) is 0 Å². The van der Waals surface area contributed by atoms with Crippen LogP contribution in [-0.4, -0.2) is 34.4 Å². The zero-order valence-corrected chi connectivity index (χ0v) is 8.06. The van der Waals surface area contributed by atoms with Gasteiger partial charge in [0.2, 0.25) is 0 Å². The topological polar surface area (TPSA) is 55.4 Å². The Morgan fingerprint density at radius 3 is 2.83 bits per heavy atom. The Kier molecular flexibility index (Phi) is 3.49. The summed E-state index contributed by atoms with van der Waals surface area (Å²) in [4.78, 5) is 0. The molecule has 0 aliphatic carbocycles. The first kappa shape index (κ1) is 9.95. The molecule has 0 saturated carbocycles. The van der Waals surface area contributed by atoms with Gasteiger partial charge in [0.05, 0.1) is 12.9 Å². The van der Waals surface area contributed by atoms with Crippen LogP contribution in [0.2, 0.25) is 0 Å². The maximum atomic E-state index is 10.6. The first-order valence-electron chi connectivity index (χ1n) is 4.13. The van der Waals surface area contributed by atoms with Gasteiger partial charge in [-0.2, -0.15) is 8.42 Å². The number of nitrogens with one attached hydrogen (secondary N) is 1. The summed E-state index contributed by atoms with van der Waals surface area (Å²) in [6.45, 7) is 2.36. The molecule has 0 bridgehead atoms. The van der Waals surface area contributed by atoms with Gasteiger partial charge in [-0.3, -0.25) is 4.18 Å². The van der Waals surface area contributed by atoms with Crippen LogP contribution in [0.15, 0.2) is 0 Å². The van der Waals surface area contributed by atoms with Crippen molar-refractivity contribution in [2.75, 3.05) is 26.0 Å². The Bertz CT molecular complexity index is 219. The summed E-state index contributed by atoms with van der Waals surface area (Å²) >= 11 is 0. The molecule has 0 aromatic carbocycles. The smallest absolute Gasteiger partial charge is 0.264 e. The highest BCUT2D eigenvalue weighted by atomic mass is 32.2. The Morgan fingerprint density at radius 2 is 2.33 bits per heavy atom. The van der Waals surface area contributed by atoms with Crippen molar-refractivity contribution in [3.05, 3.63) is 0 Å². The first-order chi connectivity index (χ1) is 5.58. The molecule has 0 radical (unpaired) electrons. The van der Waals surface area contributed by atoms with Gasteiger partial charge in [-0.15, -0.1) is 0 Å². The van der Waals surface area contributed by atoms with E-state index in [-0.39, 0.29) is 0 Å². The van der Waals surface area contributed by atoms with Crippen LogP contribution < -0.4 is 5.32 Å². The molecule has 1 unspecified atom stereocenters. The molecular weight excluding hydrogens is 178 g/mol. The third-order valence-corrected chi connectivity index (χ3v) is 2.58. The van der Waals surface area contributed by atoms with E-state index < -0.39 is 10.1 Å². The van der Waals surface area contributed by atoms with Gasteiger partial charge in [0.25, 0.3) is 10.1 Å². The fourth-order valence-electron chi connectivity index (χ4n) is 1.33. The molecule has 0 amide bonds. The van der Waals surface area contributed by atoms with Crippen LogP contribution in [0.4, 0.5) is 0 Å². The van der Waals surface area contributed by atoms with Gasteiger partial charge >= 0.3 is 0 Å². The van der Waals surface area contributed by atoms with Crippen molar-refractivity contribution < 1.29 is 12.6 Å². The molecule has 1 aliphatic heterocycles. The summed E-state index contributed by atoms with van der Waals surface area (Å²) in [5.41, 5.74) is 0. The second-order valence-electron chi connectivity index (χ2n) is 3.17. The standard InChI is InChI=1S/C7H15NO3S/c1-12(9,10)11-5-3-7-2-4-8-6-7/h7-8H,2-6H2,1H3. The van der Waals surface area contributed by atoms with E-state index in [1.54, 1.807) is 0 Å². The van der Waals surface area contributed by atoms with E-state index in [1.807, 2.05) is 0 Å². The van der Waals surface area contributed by atoms with Crippen LogP contribution in [0, 0.1) is 5.92 Å². The van der Waals surface area contributed by atoms with E-state index in [1.165, 1.54) is 0 Å². The van der Waals surface area contributed by atoms with E-state index in [0.29, 0.717) is 12.5 Å². The zero-order chi connectivity index (χ0) is 9.03. The average molecular weight is 193 g/mol. The second kappa shape index (κ2) is 4.20. The van der Waals surface area contributed by atoms with Crippen LogP contribution in [0.3, 0.4) is 0 Å². The van der Waals surface area contributed by atoms with E-state index in [0.717, 1.165) is 32.2 Å². The Labute approximate surface area is 73.4 Å². The highest BCUT2D eigenvalue weighted by Crippen LogP contribution is 2.12. The molecule has 1 rings (SSSR count). The minimum absolute atomic E-state index is 0.325. The fourth-order valence-corrected chi connectivity index (χ4v) is 1.73. The normalized spacial score (nSPS) is 24.6. The predicted molar refractivity (Wildman–Crippen MR) is 46.4 cm³/mol. The lowest BCUT2D eigenvalue weighted by Gasteiger charge is -2.06. The van der Waals surface area contributed by atoms with Gasteiger partial charge < -0.3 is 5.32 Å². The molecule has 1 N–H and O–H groups in total. The summed E-state index contributed by atoms with van der Waals surface area (Å²) < 4.78 is 25.8. The maximum Gasteiger partial charge on any atom is 0.264 e. The molecule has 12 heavy (non-hydrogen) atoms. The number of hydrogen-bond donors (Lipinski definition) is 1. The van der Waals surface area contributed by atoms with Gasteiger partial charge in [-0.25, -0.2) is 0 Å². The van der Waals surface area contributed by atoms with Gasteiger partial charge in [0.15, 0.2) is 0 Å². The SMILES string of the molecule is CS(=O)(=O)OCCC1CCNC1. The van der Waals surface area contributed by atoms with Gasteiger partial charge in [-0.05, 0) is 31.8 Å². The summed E-state index contributed by atoms with van der Waals surface area (Å²) in [6.07, 6.45) is 3.05. The van der Waals surface area contributed by atoms with Crippen molar-refractivity contribution in [2.45, 2.75) is 12.8 Å². The Morgan fingerprint density at radius 1 is 1.58 bits per heavy atom. The van der Waals surface area contributed by atoms with Crippen LogP contribution >= 0.6 is 0 Å². The van der Waals surface area contributed by atoms with Crippen LogP contribution in [0.25, 0.3) is 0 Å². The monoisotopic (exact) mass is 193 g/mol. The molecule has 72 valence electrons. The third kappa shape index (κ3) is 4.04. The summed E-state index contributed by atoms with van der Waals surface area (Å²) in [5.74, 6) is 0.590. The van der Waals surface area contributed by atoms with Crippen LogP contribution in [0.1, 0.15) is 12.8 Å². The molecule has 1 fully saturated rings. The summed E-state index contributed by atoms with van der Waals surface area (Å²) in [7, 11) is -3.24. The quantitative estimate of drug-likeness (QED) is 0.637. The van der Waals surface area contributed by atoms with Crippen molar-refractivity contribution >= 4 is 10.1 Å². The highest BCUT2D eigenvalue weighted by Gasteiger charge is 2.14. The number of rotatable bonds is 4. The summed E-state index contributed by atoms with van der Waals surface area (Å²) in [6, 6.07) is 0. The molecule has 0 aromatic heterocycles. The first-order valence-corrected chi connectivity index (χ1v) is 5.95. The van der Waals surface area contributed by atoms with Crippen LogP contribution in [-0.2, 0) is 14.3 Å². The molecule has 5 heteroatoms. The van der Waals surface area contributed by atoms with Crippen molar-refractivity contribution in [3.63, 3.8) is 0 Å². The molecule has 0 aromatic rings. The lowest BCUT2D eigenvalue weighted by molar-refractivity contribution is 0.290. The molecule has 4 nitrogen and oxygen atoms in total. The van der Waals surface area contributed by atoms with E-state index in [9.17, 15) is 8.42 Å². The molecule has 1 aliphatic rings. The van der Waals surface area contributed by atoms with Crippen molar-refractivity contribution in [2.24, 2.45) is 5.92 Å². The molecule has 0 spiro atoms. The predicted octanol–water partition coefficient (Wildman–Crippen LogP) is -0.0378. The molecule has 1 atom stereocenters. The van der Waals surface area contributed by atoms with Crippen molar-refractivity contribution in [1.29, 1.82) is 0 Å². The summed E-state index contributed by atoms with van der Waals surface area (Å²) in [5, 5.41) is 3.21. The van der Waals surface area contributed by atoms with E-state index in [4.69, 9.17) is 0 Å². The number of hydrogen-bond acceptors (Lipinski definition) is 4. The lowest BCUT2D eigenvalue weighted by atomic mass is 10.1. The van der Waals surface area contributed by atoms with Crippen molar-refractivity contribution in [1.82, 2.24) is 5.32 Å². The maximum absolute atomic E-state index is 10.6. The minimum Gasteiger partial charge on any atom is -0.316 e. The van der Waals surface area contributed by atoms with E-state index >= 15 is 0 Å². The largest absolute Gasteiger partial charge is 0.316 e. The molecule has 1 saturated heterocycles. The van der Waals surface area contributed by atoms with Gasteiger partial charge in [0.1, 0.15) is 0 Å². The third-order valence-electron chi connectivity index (χ3n) is 1.99. The lowest BCUT2D eigenvalue weighted by Crippen LogP contribution is -2.12. The molecule has 1 heterocycles. The van der Waals surface area contributed by atoms with Gasteiger partial charge in [0, 0.05) is 0 Å². The van der Waals surface area contributed by atoms with Crippen LogP contribution in [0.5, 0.6) is 0 Å². The zero-order valence-electron chi connectivity index (χ0n) is 7.25. The fraction of sp³-hybridized carbons (Fsp3) is 1.00. The second-order valence-corrected chi connectivity index (χ2v) is 4.82. The van der Waals surface area contributed by atoms with E-state index in [2.05, 4.69) is 9.50 Å². The Hall–Kier alpha value is -0.130.